The molecule has 0 unspecified atom stereocenters. The molecule has 0 aromatic carbocycles. The summed E-state index contributed by atoms with van der Waals surface area (Å²) in [6.45, 7) is 2.28. The van der Waals surface area contributed by atoms with Gasteiger partial charge < -0.3 is 14.9 Å². The molecular formula is C23H29N5O3. The van der Waals surface area contributed by atoms with Gasteiger partial charge in [0, 0.05) is 37.9 Å². The first-order chi connectivity index (χ1) is 15.1. The van der Waals surface area contributed by atoms with Gasteiger partial charge in [-0.05, 0) is 51.0 Å². The second-order valence-electron chi connectivity index (χ2n) is 9.17. The molecule has 1 amide bonds. The van der Waals surface area contributed by atoms with Crippen molar-refractivity contribution in [1.82, 2.24) is 19.4 Å². The predicted octanol–water partition coefficient (Wildman–Crippen LogP) is 1.75. The van der Waals surface area contributed by atoms with E-state index in [0.717, 1.165) is 58.0 Å². The maximum atomic E-state index is 13.5. The Morgan fingerprint density at radius 3 is 2.52 bits per heavy atom. The number of carbonyl (C=O) groups excluding carboxylic acids is 1. The molecule has 0 radical (unpaired) electrons. The van der Waals surface area contributed by atoms with Gasteiger partial charge in [0.15, 0.2) is 0 Å². The average molecular weight is 424 g/mol. The van der Waals surface area contributed by atoms with Gasteiger partial charge in [-0.2, -0.15) is 0 Å². The Labute approximate surface area is 181 Å². The van der Waals surface area contributed by atoms with Crippen LogP contribution < -0.4 is 10.5 Å². The largest absolute Gasteiger partial charge is 0.393 e. The molecule has 0 bridgehead atoms. The number of rotatable bonds is 3. The van der Waals surface area contributed by atoms with Gasteiger partial charge in [-0.25, -0.2) is 9.97 Å². The first-order valence-corrected chi connectivity index (χ1v) is 11.3. The lowest BCUT2D eigenvalue weighted by Gasteiger charge is -2.40. The molecule has 5 rings (SSSR count). The van der Waals surface area contributed by atoms with Crippen LogP contribution in [0.15, 0.2) is 41.6 Å². The minimum absolute atomic E-state index is 0.123. The van der Waals surface area contributed by atoms with E-state index in [1.54, 1.807) is 30.7 Å². The molecule has 31 heavy (non-hydrogen) atoms. The summed E-state index contributed by atoms with van der Waals surface area (Å²) in [5.41, 5.74) is 0.151. The topological polar surface area (TPSA) is 91.6 Å². The van der Waals surface area contributed by atoms with Crippen molar-refractivity contribution in [3.63, 3.8) is 0 Å². The van der Waals surface area contributed by atoms with Crippen LogP contribution in [-0.4, -0.2) is 62.2 Å². The lowest BCUT2D eigenvalue weighted by atomic mass is 9.78. The number of aromatic nitrogens is 3. The average Bonchev–Trinajstić information content (AvgIpc) is 3.10. The van der Waals surface area contributed by atoms with E-state index in [1.165, 1.54) is 10.6 Å². The third-order valence-corrected chi connectivity index (χ3v) is 7.24. The highest BCUT2D eigenvalue weighted by Crippen LogP contribution is 2.43. The molecule has 2 saturated heterocycles. The predicted molar refractivity (Wildman–Crippen MR) is 116 cm³/mol. The van der Waals surface area contributed by atoms with E-state index < -0.39 is 0 Å². The van der Waals surface area contributed by atoms with Crippen LogP contribution in [0.2, 0.25) is 0 Å². The van der Waals surface area contributed by atoms with Crippen LogP contribution in [0, 0.1) is 5.41 Å². The summed E-state index contributed by atoms with van der Waals surface area (Å²) in [5, 5.41) is 9.80. The zero-order chi connectivity index (χ0) is 21.4. The fraction of sp³-hybridized carbons (Fsp3) is 0.565. The van der Waals surface area contributed by atoms with Gasteiger partial charge in [0.1, 0.15) is 0 Å². The smallest absolute Gasteiger partial charge is 0.255 e. The minimum Gasteiger partial charge on any atom is -0.393 e. The standard InChI is InChI=1S/C23H29N5O3/c29-19-7-5-17(6-8-19)28-13-10-23(21(28)31)9-3-11-26(16-23)22-24-14-18(15-25-22)27-12-2-1-4-20(27)30/h1-2,4,12,14-15,17,19,29H,3,5-11,13,16H2/t17?,19?,23-/m1/s1. The maximum absolute atomic E-state index is 13.5. The number of aliphatic hydroxyl groups excluding tert-OH is 1. The van der Waals surface area contributed by atoms with Crippen molar-refractivity contribution in [2.24, 2.45) is 5.41 Å². The third kappa shape index (κ3) is 3.73. The Morgan fingerprint density at radius 1 is 1.00 bits per heavy atom. The Balaban J connectivity index is 1.31. The van der Waals surface area contributed by atoms with Gasteiger partial charge in [-0.1, -0.05) is 6.07 Å². The lowest BCUT2D eigenvalue weighted by Crippen LogP contribution is -2.50. The lowest BCUT2D eigenvalue weighted by molar-refractivity contribution is -0.139. The first-order valence-electron chi connectivity index (χ1n) is 11.3. The fourth-order valence-corrected chi connectivity index (χ4v) is 5.49. The van der Waals surface area contributed by atoms with Crippen molar-refractivity contribution in [3.8, 4) is 5.69 Å². The van der Waals surface area contributed by atoms with Crippen LogP contribution >= 0.6 is 0 Å². The van der Waals surface area contributed by atoms with Crippen LogP contribution in [0.25, 0.3) is 5.69 Å². The maximum Gasteiger partial charge on any atom is 0.255 e. The molecule has 1 atom stereocenters. The zero-order valence-corrected chi connectivity index (χ0v) is 17.7. The van der Waals surface area contributed by atoms with Crippen LogP contribution in [0.4, 0.5) is 5.95 Å². The zero-order valence-electron chi connectivity index (χ0n) is 17.7. The number of carbonyl (C=O) groups is 1. The number of pyridine rings is 1. The number of nitrogens with zero attached hydrogens (tertiary/aromatic N) is 5. The number of hydrogen-bond acceptors (Lipinski definition) is 6. The second-order valence-corrected chi connectivity index (χ2v) is 9.17. The van der Waals surface area contributed by atoms with Gasteiger partial charge in [0.05, 0.1) is 29.6 Å². The van der Waals surface area contributed by atoms with Crippen molar-refractivity contribution >= 4 is 11.9 Å². The summed E-state index contributed by atoms with van der Waals surface area (Å²) < 4.78 is 1.51. The van der Waals surface area contributed by atoms with Gasteiger partial charge in [-0.15, -0.1) is 0 Å². The Kier molecular flexibility index (Phi) is 5.25. The molecule has 8 heteroatoms. The van der Waals surface area contributed by atoms with E-state index in [0.29, 0.717) is 18.2 Å². The molecule has 2 aromatic rings. The molecule has 1 saturated carbocycles. The molecule has 2 aromatic heterocycles. The summed E-state index contributed by atoms with van der Waals surface area (Å²) in [7, 11) is 0. The highest BCUT2D eigenvalue weighted by molar-refractivity contribution is 5.86. The Morgan fingerprint density at radius 2 is 1.77 bits per heavy atom. The molecule has 1 N–H and O–H groups in total. The third-order valence-electron chi connectivity index (χ3n) is 7.24. The van der Waals surface area contributed by atoms with Gasteiger partial charge in [0.2, 0.25) is 11.9 Å². The highest BCUT2D eigenvalue weighted by Gasteiger charge is 2.50. The second kappa shape index (κ2) is 8.07. The van der Waals surface area contributed by atoms with Crippen molar-refractivity contribution in [1.29, 1.82) is 0 Å². The number of hydrogen-bond donors (Lipinski definition) is 1. The van der Waals surface area contributed by atoms with E-state index in [4.69, 9.17) is 0 Å². The number of likely N-dealkylation sites (tertiary alicyclic amines) is 1. The molecule has 2 aliphatic heterocycles. The molecule has 4 heterocycles. The molecule has 164 valence electrons. The highest BCUT2D eigenvalue weighted by atomic mass is 16.3. The summed E-state index contributed by atoms with van der Waals surface area (Å²) >= 11 is 0. The molecule has 3 fully saturated rings. The molecule has 8 nitrogen and oxygen atoms in total. The van der Waals surface area contributed by atoms with E-state index in [1.807, 2.05) is 0 Å². The number of anilines is 1. The van der Waals surface area contributed by atoms with Crippen molar-refractivity contribution < 1.29 is 9.90 Å². The fourth-order valence-electron chi connectivity index (χ4n) is 5.49. The van der Waals surface area contributed by atoms with Crippen molar-refractivity contribution in [2.45, 2.75) is 57.1 Å². The molecule has 1 aliphatic carbocycles. The van der Waals surface area contributed by atoms with Gasteiger partial charge >= 0.3 is 0 Å². The Hall–Kier alpha value is -2.74. The van der Waals surface area contributed by atoms with Gasteiger partial charge in [-0.3, -0.25) is 14.2 Å². The minimum atomic E-state index is -0.354. The number of piperidine rings is 1. The molecule has 3 aliphatic rings. The normalized spacial score (nSPS) is 29.0. The SMILES string of the molecule is O=C1N(C2CCC(O)CC2)CC[C@@]12CCCN(c1ncc(-n3ccccc3=O)cn1)C2. The van der Waals surface area contributed by atoms with Crippen LogP contribution in [0.5, 0.6) is 0 Å². The quantitative estimate of drug-likeness (QED) is 0.809. The monoisotopic (exact) mass is 423 g/mol. The van der Waals surface area contributed by atoms with Crippen molar-refractivity contribution in [2.75, 3.05) is 24.5 Å². The number of amides is 1. The summed E-state index contributed by atoms with van der Waals surface area (Å²) in [4.78, 5) is 38.7. The molecular weight excluding hydrogens is 394 g/mol. The van der Waals surface area contributed by atoms with Crippen LogP contribution in [0.1, 0.15) is 44.9 Å². The van der Waals surface area contributed by atoms with E-state index in [2.05, 4.69) is 19.8 Å². The van der Waals surface area contributed by atoms with E-state index in [9.17, 15) is 14.7 Å². The van der Waals surface area contributed by atoms with Gasteiger partial charge in [0.25, 0.3) is 5.56 Å². The summed E-state index contributed by atoms with van der Waals surface area (Å²) in [6.07, 6.45) is 10.9. The summed E-state index contributed by atoms with van der Waals surface area (Å²) in [5.74, 6) is 0.880. The van der Waals surface area contributed by atoms with E-state index in [-0.39, 0.29) is 29.0 Å². The molecule has 1 spiro atoms. The van der Waals surface area contributed by atoms with Crippen LogP contribution in [-0.2, 0) is 4.79 Å². The summed E-state index contributed by atoms with van der Waals surface area (Å²) in [6, 6.07) is 5.28. The van der Waals surface area contributed by atoms with Crippen molar-refractivity contribution in [3.05, 3.63) is 47.1 Å². The van der Waals surface area contributed by atoms with E-state index >= 15 is 0 Å². The Bertz CT molecular complexity index is 999. The number of aliphatic hydroxyl groups is 1. The first kappa shape index (κ1) is 20.2. The van der Waals surface area contributed by atoms with Crippen LogP contribution in [0.3, 0.4) is 0 Å².